The highest BCUT2D eigenvalue weighted by Gasteiger charge is 2.33. The Labute approximate surface area is 109 Å². The van der Waals surface area contributed by atoms with E-state index < -0.39 is 5.41 Å². The molecule has 1 heterocycles. The molecule has 0 unspecified atom stereocenters. The van der Waals surface area contributed by atoms with E-state index in [0.717, 1.165) is 25.9 Å². The van der Waals surface area contributed by atoms with Gasteiger partial charge in [-0.25, -0.2) is 0 Å². The zero-order valence-electron chi connectivity index (χ0n) is 11.8. The SMILES string of the molecule is CNC(=O)C1CCN(CC(C)(C)C(=O)OC)CC1. The van der Waals surface area contributed by atoms with Crippen molar-refractivity contribution in [1.82, 2.24) is 10.2 Å². The van der Waals surface area contributed by atoms with Gasteiger partial charge in [0, 0.05) is 19.5 Å². The second-order valence-corrected chi connectivity index (χ2v) is 5.54. The van der Waals surface area contributed by atoms with Crippen LogP contribution in [0.2, 0.25) is 0 Å². The number of hydrogen-bond donors (Lipinski definition) is 1. The molecule has 1 fully saturated rings. The lowest BCUT2D eigenvalue weighted by Gasteiger charge is -2.35. The van der Waals surface area contributed by atoms with E-state index in [-0.39, 0.29) is 17.8 Å². The number of hydrogen-bond acceptors (Lipinski definition) is 4. The van der Waals surface area contributed by atoms with Crippen molar-refractivity contribution in [1.29, 1.82) is 0 Å². The van der Waals surface area contributed by atoms with Gasteiger partial charge in [0.1, 0.15) is 0 Å². The zero-order valence-corrected chi connectivity index (χ0v) is 11.8. The maximum Gasteiger partial charge on any atom is 0.312 e. The Kier molecular flexibility index (Phi) is 5.14. The van der Waals surface area contributed by atoms with E-state index >= 15 is 0 Å². The highest BCUT2D eigenvalue weighted by Crippen LogP contribution is 2.23. The molecule has 0 aromatic carbocycles. The number of nitrogens with one attached hydrogen (secondary N) is 1. The minimum Gasteiger partial charge on any atom is -0.469 e. The van der Waals surface area contributed by atoms with Crippen molar-refractivity contribution in [2.75, 3.05) is 33.8 Å². The van der Waals surface area contributed by atoms with E-state index in [9.17, 15) is 9.59 Å². The normalized spacial score (nSPS) is 18.4. The average molecular weight is 256 g/mol. The Morgan fingerprint density at radius 2 is 1.89 bits per heavy atom. The number of likely N-dealkylation sites (tertiary alicyclic amines) is 1. The first-order valence-corrected chi connectivity index (χ1v) is 6.43. The number of nitrogens with zero attached hydrogens (tertiary/aromatic N) is 1. The summed E-state index contributed by atoms with van der Waals surface area (Å²) in [5.41, 5.74) is -0.491. The fourth-order valence-corrected chi connectivity index (χ4v) is 2.46. The first kappa shape index (κ1) is 15.0. The van der Waals surface area contributed by atoms with Crippen molar-refractivity contribution in [3.63, 3.8) is 0 Å². The van der Waals surface area contributed by atoms with Crippen LogP contribution in [0.3, 0.4) is 0 Å². The van der Waals surface area contributed by atoms with E-state index in [4.69, 9.17) is 4.74 Å². The molecule has 5 heteroatoms. The molecule has 18 heavy (non-hydrogen) atoms. The Bertz CT molecular complexity index is 307. The number of methoxy groups -OCH3 is 1. The molecular weight excluding hydrogens is 232 g/mol. The molecule has 1 aliphatic heterocycles. The van der Waals surface area contributed by atoms with Crippen LogP contribution < -0.4 is 5.32 Å². The van der Waals surface area contributed by atoms with Crippen LogP contribution in [-0.4, -0.2) is 50.6 Å². The van der Waals surface area contributed by atoms with Gasteiger partial charge in [0.05, 0.1) is 12.5 Å². The Hall–Kier alpha value is -1.10. The van der Waals surface area contributed by atoms with E-state index in [1.807, 2.05) is 13.8 Å². The first-order valence-electron chi connectivity index (χ1n) is 6.43. The topological polar surface area (TPSA) is 58.6 Å². The number of carbonyl (C=O) groups is 2. The molecule has 1 aliphatic rings. The van der Waals surface area contributed by atoms with Crippen LogP contribution in [0.1, 0.15) is 26.7 Å². The lowest BCUT2D eigenvalue weighted by Crippen LogP contribution is -2.45. The van der Waals surface area contributed by atoms with Crippen molar-refractivity contribution in [3.05, 3.63) is 0 Å². The lowest BCUT2D eigenvalue weighted by atomic mass is 9.90. The molecule has 0 spiro atoms. The summed E-state index contributed by atoms with van der Waals surface area (Å²) < 4.78 is 4.80. The van der Waals surface area contributed by atoms with Crippen molar-refractivity contribution >= 4 is 11.9 Å². The molecule has 1 N–H and O–H groups in total. The first-order chi connectivity index (χ1) is 8.40. The van der Waals surface area contributed by atoms with Crippen molar-refractivity contribution in [2.45, 2.75) is 26.7 Å². The second kappa shape index (κ2) is 6.18. The summed E-state index contributed by atoms with van der Waals surface area (Å²) >= 11 is 0. The summed E-state index contributed by atoms with van der Waals surface area (Å²) in [5.74, 6) is 0.0605. The van der Waals surface area contributed by atoms with Crippen molar-refractivity contribution in [2.24, 2.45) is 11.3 Å². The van der Waals surface area contributed by atoms with Crippen LogP contribution >= 0.6 is 0 Å². The van der Waals surface area contributed by atoms with Crippen LogP contribution in [0.25, 0.3) is 0 Å². The molecule has 1 amide bonds. The fourth-order valence-electron chi connectivity index (χ4n) is 2.46. The van der Waals surface area contributed by atoms with Crippen LogP contribution in [0.15, 0.2) is 0 Å². The molecule has 0 aliphatic carbocycles. The lowest BCUT2D eigenvalue weighted by molar-refractivity contribution is -0.152. The zero-order chi connectivity index (χ0) is 13.8. The van der Waals surface area contributed by atoms with Crippen LogP contribution in [-0.2, 0) is 14.3 Å². The molecule has 1 rings (SSSR count). The molecule has 0 atom stereocenters. The molecule has 0 saturated carbocycles. The quantitative estimate of drug-likeness (QED) is 0.750. The summed E-state index contributed by atoms with van der Waals surface area (Å²) in [7, 11) is 3.09. The molecular formula is C13H24N2O3. The van der Waals surface area contributed by atoms with Gasteiger partial charge in [0.15, 0.2) is 0 Å². The highest BCUT2D eigenvalue weighted by atomic mass is 16.5. The van der Waals surface area contributed by atoms with Crippen molar-refractivity contribution < 1.29 is 14.3 Å². The van der Waals surface area contributed by atoms with Gasteiger partial charge < -0.3 is 15.0 Å². The standard InChI is InChI=1S/C13H24N2O3/c1-13(2,12(17)18-4)9-15-7-5-10(6-8-15)11(16)14-3/h10H,5-9H2,1-4H3,(H,14,16). The molecule has 0 bridgehead atoms. The largest absolute Gasteiger partial charge is 0.469 e. The Morgan fingerprint density at radius 1 is 1.33 bits per heavy atom. The summed E-state index contributed by atoms with van der Waals surface area (Å²) in [4.78, 5) is 25.4. The number of piperidine rings is 1. The monoisotopic (exact) mass is 256 g/mol. The van der Waals surface area contributed by atoms with Gasteiger partial charge >= 0.3 is 5.97 Å². The van der Waals surface area contributed by atoms with Gasteiger partial charge in [-0.05, 0) is 39.8 Å². The number of ether oxygens (including phenoxy) is 1. The van der Waals surface area contributed by atoms with Gasteiger partial charge in [-0.2, -0.15) is 0 Å². The smallest absolute Gasteiger partial charge is 0.312 e. The van der Waals surface area contributed by atoms with Gasteiger partial charge in [-0.15, -0.1) is 0 Å². The summed E-state index contributed by atoms with van der Waals surface area (Å²) in [6.07, 6.45) is 1.72. The minimum absolute atomic E-state index is 0.118. The number of carbonyl (C=O) groups excluding carboxylic acids is 2. The summed E-state index contributed by atoms with van der Waals surface area (Å²) in [5, 5.41) is 2.69. The molecule has 104 valence electrons. The molecule has 0 radical (unpaired) electrons. The number of amides is 1. The number of rotatable bonds is 4. The number of esters is 1. The molecule has 5 nitrogen and oxygen atoms in total. The van der Waals surface area contributed by atoms with Crippen LogP contribution in [0.5, 0.6) is 0 Å². The maximum absolute atomic E-state index is 11.6. The van der Waals surface area contributed by atoms with E-state index in [0.29, 0.717) is 6.54 Å². The average Bonchev–Trinajstić information content (AvgIpc) is 2.37. The minimum atomic E-state index is -0.491. The van der Waals surface area contributed by atoms with E-state index in [1.54, 1.807) is 7.05 Å². The third-order valence-electron chi connectivity index (χ3n) is 3.56. The summed E-state index contributed by atoms with van der Waals surface area (Å²) in [6, 6.07) is 0. The Balaban J connectivity index is 2.44. The predicted molar refractivity (Wildman–Crippen MR) is 69.0 cm³/mol. The molecule has 0 aromatic rings. The third kappa shape index (κ3) is 3.70. The summed E-state index contributed by atoms with van der Waals surface area (Å²) in [6.45, 7) is 6.19. The van der Waals surface area contributed by atoms with Crippen LogP contribution in [0.4, 0.5) is 0 Å². The predicted octanol–water partition coefficient (Wildman–Crippen LogP) is 0.644. The van der Waals surface area contributed by atoms with Gasteiger partial charge in [-0.1, -0.05) is 0 Å². The fraction of sp³-hybridized carbons (Fsp3) is 0.846. The molecule has 0 aromatic heterocycles. The second-order valence-electron chi connectivity index (χ2n) is 5.54. The van der Waals surface area contributed by atoms with Gasteiger partial charge in [0.25, 0.3) is 0 Å². The van der Waals surface area contributed by atoms with E-state index in [2.05, 4.69) is 10.2 Å². The molecule has 1 saturated heterocycles. The van der Waals surface area contributed by atoms with Gasteiger partial charge in [0.2, 0.25) is 5.91 Å². The maximum atomic E-state index is 11.6. The van der Waals surface area contributed by atoms with Crippen LogP contribution in [0, 0.1) is 11.3 Å². The third-order valence-corrected chi connectivity index (χ3v) is 3.56. The van der Waals surface area contributed by atoms with Crippen molar-refractivity contribution in [3.8, 4) is 0 Å². The Morgan fingerprint density at radius 3 is 2.33 bits per heavy atom. The van der Waals surface area contributed by atoms with Gasteiger partial charge in [-0.3, -0.25) is 9.59 Å². The van der Waals surface area contributed by atoms with E-state index in [1.165, 1.54) is 7.11 Å². The highest BCUT2D eigenvalue weighted by molar-refractivity contribution is 5.78.